The molecule has 0 saturated carbocycles. The van der Waals surface area contributed by atoms with Gasteiger partial charge in [-0.3, -0.25) is 4.79 Å². The fraction of sp³-hybridized carbons (Fsp3) is 0.900. The molecule has 0 heterocycles. The van der Waals surface area contributed by atoms with Gasteiger partial charge in [0.15, 0.2) is 0 Å². The molecule has 0 bridgehead atoms. The van der Waals surface area contributed by atoms with Crippen molar-refractivity contribution >= 4 is 33.6 Å². The van der Waals surface area contributed by atoms with Crippen molar-refractivity contribution in [1.29, 1.82) is 0 Å². The highest BCUT2D eigenvalue weighted by molar-refractivity contribution is 9.09. The normalized spacial score (nSPS) is 11.4. The second-order valence-electron chi connectivity index (χ2n) is 3.31. The lowest BCUT2D eigenvalue weighted by Gasteiger charge is -2.29. The number of thioether (sulfide) groups is 1. The lowest BCUT2D eigenvalue weighted by atomic mass is 10.0. The van der Waals surface area contributed by atoms with E-state index in [1.807, 2.05) is 11.8 Å². The Kier molecular flexibility index (Phi) is 7.74. The fourth-order valence-corrected chi connectivity index (χ4v) is 2.45. The van der Waals surface area contributed by atoms with Crippen molar-refractivity contribution in [3.05, 3.63) is 0 Å². The first kappa shape index (κ1) is 14.3. The molecule has 0 radical (unpaired) electrons. The molecule has 0 spiro atoms. The Morgan fingerprint density at radius 2 is 2.00 bits per heavy atom. The van der Waals surface area contributed by atoms with Crippen molar-refractivity contribution in [3.8, 4) is 0 Å². The van der Waals surface area contributed by atoms with Gasteiger partial charge in [-0.15, -0.1) is 0 Å². The number of carbonyl (C=O) groups is 1. The molecule has 4 heteroatoms. The molecule has 84 valence electrons. The molecule has 0 atom stereocenters. The van der Waals surface area contributed by atoms with Gasteiger partial charge in [0.05, 0.1) is 0 Å². The number of rotatable bonds is 7. The highest BCUT2D eigenvalue weighted by atomic mass is 79.9. The maximum atomic E-state index is 11.3. The first-order valence-electron chi connectivity index (χ1n) is 5.02. The number of hydrogen-bond acceptors (Lipinski definition) is 2. The van der Waals surface area contributed by atoms with E-state index in [9.17, 15) is 4.79 Å². The first-order chi connectivity index (χ1) is 6.64. The zero-order valence-corrected chi connectivity index (χ0v) is 11.6. The molecule has 0 saturated heterocycles. The summed E-state index contributed by atoms with van der Waals surface area (Å²) in [4.78, 5) is 11.3. The largest absolute Gasteiger partial charge is 0.355 e. The van der Waals surface area contributed by atoms with Crippen LogP contribution in [0.25, 0.3) is 0 Å². The van der Waals surface area contributed by atoms with Crippen LogP contribution in [0.15, 0.2) is 0 Å². The van der Waals surface area contributed by atoms with Crippen molar-refractivity contribution in [2.75, 3.05) is 18.1 Å². The molecule has 1 amide bonds. The van der Waals surface area contributed by atoms with Gasteiger partial charge in [-0.25, -0.2) is 0 Å². The highest BCUT2D eigenvalue weighted by Crippen LogP contribution is 2.29. The van der Waals surface area contributed by atoms with Crippen LogP contribution in [0.4, 0.5) is 0 Å². The summed E-state index contributed by atoms with van der Waals surface area (Å²) in [6.07, 6.45) is 4.88. The minimum absolute atomic E-state index is 0.141. The summed E-state index contributed by atoms with van der Waals surface area (Å²) in [5, 5.41) is 3.73. The molecule has 0 aliphatic heterocycles. The van der Waals surface area contributed by atoms with Gasteiger partial charge in [-0.05, 0) is 19.1 Å². The van der Waals surface area contributed by atoms with Crippen LogP contribution >= 0.6 is 27.7 Å². The maximum absolute atomic E-state index is 11.3. The van der Waals surface area contributed by atoms with E-state index in [0.29, 0.717) is 6.42 Å². The van der Waals surface area contributed by atoms with Crippen LogP contribution in [0.5, 0.6) is 0 Å². The Labute approximate surface area is 99.7 Å². The fourth-order valence-electron chi connectivity index (χ4n) is 1.29. The highest BCUT2D eigenvalue weighted by Gasteiger charge is 2.24. The zero-order valence-electron chi connectivity index (χ0n) is 9.23. The van der Waals surface area contributed by atoms with Crippen molar-refractivity contribution < 1.29 is 4.79 Å². The van der Waals surface area contributed by atoms with Crippen LogP contribution in [0.1, 0.15) is 33.1 Å². The van der Waals surface area contributed by atoms with Crippen molar-refractivity contribution in [2.24, 2.45) is 0 Å². The van der Waals surface area contributed by atoms with Gasteiger partial charge in [0.1, 0.15) is 0 Å². The lowest BCUT2D eigenvalue weighted by Crippen LogP contribution is -2.39. The first-order valence-corrected chi connectivity index (χ1v) is 7.36. The number of carbonyl (C=O) groups excluding carboxylic acids is 1. The molecule has 0 aromatic carbocycles. The number of nitrogens with one attached hydrogen (secondary N) is 1. The van der Waals surface area contributed by atoms with Gasteiger partial charge in [0.2, 0.25) is 5.91 Å². The Morgan fingerprint density at radius 1 is 1.43 bits per heavy atom. The molecule has 0 aliphatic carbocycles. The van der Waals surface area contributed by atoms with E-state index in [2.05, 4.69) is 41.3 Å². The van der Waals surface area contributed by atoms with E-state index in [-0.39, 0.29) is 10.7 Å². The molecule has 0 aliphatic rings. The second-order valence-corrected chi connectivity index (χ2v) is 5.38. The molecular weight excluding hydrogens is 262 g/mol. The molecule has 0 aromatic rings. The quantitative estimate of drug-likeness (QED) is 0.727. The minimum atomic E-state index is 0.141. The van der Waals surface area contributed by atoms with Gasteiger partial charge >= 0.3 is 0 Å². The molecule has 0 unspecified atom stereocenters. The average molecular weight is 282 g/mol. The summed E-state index contributed by atoms with van der Waals surface area (Å²) in [5.41, 5.74) is 0. The van der Waals surface area contributed by atoms with Crippen molar-refractivity contribution in [2.45, 2.75) is 37.9 Å². The van der Waals surface area contributed by atoms with Crippen LogP contribution in [-0.2, 0) is 4.79 Å². The predicted octanol–water partition coefficient (Wildman–Crippen LogP) is 2.81. The predicted molar refractivity (Wildman–Crippen MR) is 68.2 cm³/mol. The molecule has 0 rings (SSSR count). The molecule has 0 aromatic heterocycles. The Bertz CT molecular complexity index is 163. The van der Waals surface area contributed by atoms with Crippen molar-refractivity contribution in [3.63, 3.8) is 0 Å². The Hall–Kier alpha value is 0.300. The van der Waals surface area contributed by atoms with E-state index in [1.165, 1.54) is 0 Å². The Morgan fingerprint density at radius 3 is 2.36 bits per heavy atom. The summed E-state index contributed by atoms with van der Waals surface area (Å²) in [7, 11) is 0. The molecule has 1 N–H and O–H groups in total. The summed E-state index contributed by atoms with van der Waals surface area (Å²) >= 11 is 5.11. The van der Waals surface area contributed by atoms with Crippen molar-refractivity contribution in [1.82, 2.24) is 5.32 Å². The SMILES string of the molecule is CCC(CC)(CNC(=O)CCBr)SC. The van der Waals surface area contributed by atoms with E-state index in [1.54, 1.807) is 0 Å². The second kappa shape index (κ2) is 7.57. The number of hydrogen-bond donors (Lipinski definition) is 1. The van der Waals surface area contributed by atoms with E-state index in [0.717, 1.165) is 24.7 Å². The number of halogens is 1. The third-order valence-electron chi connectivity index (χ3n) is 2.65. The van der Waals surface area contributed by atoms with E-state index in [4.69, 9.17) is 0 Å². The zero-order chi connectivity index (χ0) is 11.0. The van der Waals surface area contributed by atoms with E-state index >= 15 is 0 Å². The van der Waals surface area contributed by atoms with Gasteiger partial charge in [-0.2, -0.15) is 11.8 Å². The maximum Gasteiger partial charge on any atom is 0.220 e. The van der Waals surface area contributed by atoms with Crippen LogP contribution in [0.2, 0.25) is 0 Å². The molecular formula is C10H20BrNOS. The summed E-state index contributed by atoms with van der Waals surface area (Å²) in [6.45, 7) is 5.14. The lowest BCUT2D eigenvalue weighted by molar-refractivity contribution is -0.120. The van der Waals surface area contributed by atoms with Crippen LogP contribution in [0, 0.1) is 0 Å². The van der Waals surface area contributed by atoms with Crippen LogP contribution in [-0.4, -0.2) is 28.8 Å². The molecule has 0 fully saturated rings. The van der Waals surface area contributed by atoms with Crippen LogP contribution < -0.4 is 5.32 Å². The standard InChI is InChI=1S/C10H20BrNOS/c1-4-10(5-2,14-3)8-12-9(13)6-7-11/h4-8H2,1-3H3,(H,12,13). The third kappa shape index (κ3) is 4.69. The average Bonchev–Trinajstić information content (AvgIpc) is 2.21. The van der Waals surface area contributed by atoms with Gasteiger partial charge in [0, 0.05) is 23.0 Å². The smallest absolute Gasteiger partial charge is 0.220 e. The van der Waals surface area contributed by atoms with Gasteiger partial charge < -0.3 is 5.32 Å². The van der Waals surface area contributed by atoms with Gasteiger partial charge in [0.25, 0.3) is 0 Å². The summed E-state index contributed by atoms with van der Waals surface area (Å²) in [6, 6.07) is 0. The summed E-state index contributed by atoms with van der Waals surface area (Å²) < 4.78 is 0.224. The minimum Gasteiger partial charge on any atom is -0.355 e. The van der Waals surface area contributed by atoms with Crippen LogP contribution in [0.3, 0.4) is 0 Å². The third-order valence-corrected chi connectivity index (χ3v) is 4.64. The summed E-state index contributed by atoms with van der Waals surface area (Å²) in [5.74, 6) is 0.141. The molecule has 14 heavy (non-hydrogen) atoms. The Balaban J connectivity index is 3.99. The monoisotopic (exact) mass is 281 g/mol. The number of amides is 1. The number of alkyl halides is 1. The van der Waals surface area contributed by atoms with Gasteiger partial charge in [-0.1, -0.05) is 29.8 Å². The topological polar surface area (TPSA) is 29.1 Å². The molecule has 2 nitrogen and oxygen atoms in total. The van der Waals surface area contributed by atoms with E-state index < -0.39 is 0 Å².